The molecule has 0 aromatic heterocycles. The van der Waals surface area contributed by atoms with Gasteiger partial charge in [-0.2, -0.15) is 0 Å². The molecule has 9 heteroatoms. The highest BCUT2D eigenvalue weighted by Gasteiger charge is 2.19. The molecule has 2 aromatic carbocycles. The standard InChI is InChI=1S/C33H50N4O5/c1-22(2)8-7-9-23(3)26(12-14-27(38)13-10-24-11-15-29(39)30(20-24)41-6)18-25-19-28(37-33(34)36-5)32(40)31(21-25)42-17-16-35-4/h11-12,14-15,19-23,26,35,39-40H,7-10,13,16-18H2,1-6H3,(H3,34,36,37). The number of nitrogens with zero attached hydrogens (tertiary/aromatic N) is 1. The number of hydrogen-bond acceptors (Lipinski definition) is 7. The number of aromatic hydroxyl groups is 2. The van der Waals surface area contributed by atoms with Crippen LogP contribution in [0.2, 0.25) is 0 Å². The number of ketones is 1. The Morgan fingerprint density at radius 3 is 2.50 bits per heavy atom. The molecule has 0 saturated heterocycles. The highest BCUT2D eigenvalue weighted by atomic mass is 16.5. The van der Waals surface area contributed by atoms with Gasteiger partial charge in [0, 0.05) is 20.0 Å². The molecule has 0 saturated carbocycles. The largest absolute Gasteiger partial charge is 0.504 e. The maximum Gasteiger partial charge on any atom is 0.192 e. The van der Waals surface area contributed by atoms with E-state index in [-0.39, 0.29) is 29.2 Å². The number of guanidine groups is 1. The lowest BCUT2D eigenvalue weighted by molar-refractivity contribution is -0.114. The molecule has 2 aromatic rings. The zero-order valence-electron chi connectivity index (χ0n) is 26.1. The van der Waals surface area contributed by atoms with Crippen molar-refractivity contribution in [3.8, 4) is 23.0 Å². The first-order chi connectivity index (χ1) is 20.1. The van der Waals surface area contributed by atoms with Crippen molar-refractivity contribution in [3.05, 3.63) is 53.6 Å². The number of carbonyl (C=O) groups is 1. The molecule has 42 heavy (non-hydrogen) atoms. The summed E-state index contributed by atoms with van der Waals surface area (Å²) in [6.45, 7) is 7.71. The van der Waals surface area contributed by atoms with Crippen molar-refractivity contribution in [2.75, 3.05) is 39.7 Å². The highest BCUT2D eigenvalue weighted by molar-refractivity contribution is 5.94. The minimum absolute atomic E-state index is 0.0282. The van der Waals surface area contributed by atoms with Crippen molar-refractivity contribution in [2.45, 2.75) is 59.3 Å². The van der Waals surface area contributed by atoms with Gasteiger partial charge in [0.1, 0.15) is 6.61 Å². The normalized spacial score (nSPS) is 13.4. The Morgan fingerprint density at radius 1 is 1.10 bits per heavy atom. The van der Waals surface area contributed by atoms with E-state index in [1.54, 1.807) is 31.3 Å². The van der Waals surface area contributed by atoms with Crippen LogP contribution in [0, 0.1) is 17.8 Å². The van der Waals surface area contributed by atoms with Crippen molar-refractivity contribution in [2.24, 2.45) is 28.5 Å². The maximum atomic E-state index is 12.9. The monoisotopic (exact) mass is 582 g/mol. The topological polar surface area (TPSA) is 138 Å². The predicted molar refractivity (Wildman–Crippen MR) is 171 cm³/mol. The van der Waals surface area contributed by atoms with Gasteiger partial charge in [-0.15, -0.1) is 0 Å². The van der Waals surface area contributed by atoms with Crippen molar-refractivity contribution in [3.63, 3.8) is 0 Å². The predicted octanol–water partition coefficient (Wildman–Crippen LogP) is 5.44. The Hall–Kier alpha value is -3.72. The van der Waals surface area contributed by atoms with Crippen LogP contribution in [0.3, 0.4) is 0 Å². The average Bonchev–Trinajstić information content (AvgIpc) is 2.96. The Kier molecular flexibility index (Phi) is 14.7. The van der Waals surface area contributed by atoms with Crippen LogP contribution in [0.25, 0.3) is 0 Å². The van der Waals surface area contributed by atoms with E-state index in [1.807, 2.05) is 25.3 Å². The molecule has 2 atom stereocenters. The number of anilines is 1. The summed E-state index contributed by atoms with van der Waals surface area (Å²) in [4.78, 5) is 16.9. The first kappa shape index (κ1) is 34.5. The number of hydrogen-bond donors (Lipinski definition) is 5. The molecule has 232 valence electrons. The number of allylic oxidation sites excluding steroid dienone is 2. The molecule has 6 N–H and O–H groups in total. The number of nitrogens with one attached hydrogen (secondary N) is 2. The highest BCUT2D eigenvalue weighted by Crippen LogP contribution is 2.37. The van der Waals surface area contributed by atoms with Crippen molar-refractivity contribution in [1.29, 1.82) is 0 Å². The average molecular weight is 583 g/mol. The third kappa shape index (κ3) is 11.6. The summed E-state index contributed by atoms with van der Waals surface area (Å²) in [5.74, 6) is 2.09. The first-order valence-corrected chi connectivity index (χ1v) is 14.8. The Labute approximate surface area is 251 Å². The second-order valence-electron chi connectivity index (χ2n) is 11.2. The molecule has 2 unspecified atom stereocenters. The fourth-order valence-electron chi connectivity index (χ4n) is 4.70. The van der Waals surface area contributed by atoms with E-state index in [1.165, 1.54) is 7.11 Å². The van der Waals surface area contributed by atoms with E-state index >= 15 is 0 Å². The number of ether oxygens (including phenoxy) is 2. The van der Waals surface area contributed by atoms with Crippen LogP contribution in [-0.2, 0) is 17.6 Å². The Bertz CT molecular complexity index is 1200. The third-order valence-electron chi connectivity index (χ3n) is 7.32. The van der Waals surface area contributed by atoms with Gasteiger partial charge in [0.05, 0.1) is 12.8 Å². The number of likely N-dealkylation sites (N-methyl/N-ethyl adjacent to an activating group) is 1. The Balaban J connectivity index is 2.27. The molecule has 0 amide bonds. The fraction of sp³-hybridized carbons (Fsp3) is 0.515. The zero-order chi connectivity index (χ0) is 31.1. The fourth-order valence-corrected chi connectivity index (χ4v) is 4.70. The minimum atomic E-state index is -0.0282. The van der Waals surface area contributed by atoms with Crippen LogP contribution in [0.1, 0.15) is 57.6 Å². The van der Waals surface area contributed by atoms with E-state index in [9.17, 15) is 15.0 Å². The SMILES string of the molecule is CN=C(N)Nc1cc(CC(C=CC(=O)CCc2ccc(O)c(OC)c2)C(C)CCCC(C)C)cc(OCCNC)c1O. The maximum absolute atomic E-state index is 12.9. The van der Waals surface area contributed by atoms with Gasteiger partial charge in [-0.05, 0) is 79.1 Å². The summed E-state index contributed by atoms with van der Waals surface area (Å²) < 4.78 is 11.1. The van der Waals surface area contributed by atoms with E-state index < -0.39 is 0 Å². The molecular formula is C33H50N4O5. The van der Waals surface area contributed by atoms with E-state index in [0.717, 1.165) is 30.4 Å². The molecule has 0 bridgehead atoms. The Morgan fingerprint density at radius 2 is 1.83 bits per heavy atom. The van der Waals surface area contributed by atoms with Gasteiger partial charge in [-0.3, -0.25) is 9.79 Å². The van der Waals surface area contributed by atoms with Crippen molar-refractivity contribution >= 4 is 17.4 Å². The number of phenols is 2. The van der Waals surface area contributed by atoms with E-state index in [0.29, 0.717) is 61.4 Å². The van der Waals surface area contributed by atoms with Crippen LogP contribution in [-0.4, -0.2) is 56.3 Å². The van der Waals surface area contributed by atoms with Crippen LogP contribution in [0.5, 0.6) is 23.0 Å². The molecule has 2 rings (SSSR count). The number of aliphatic imine (C=N–C) groups is 1. The number of methoxy groups -OCH3 is 1. The second kappa shape index (κ2) is 18.0. The molecule has 0 spiro atoms. The van der Waals surface area contributed by atoms with Crippen LogP contribution in [0.15, 0.2) is 47.5 Å². The van der Waals surface area contributed by atoms with Gasteiger partial charge >= 0.3 is 0 Å². The van der Waals surface area contributed by atoms with E-state index in [4.69, 9.17) is 15.2 Å². The van der Waals surface area contributed by atoms with Crippen molar-refractivity contribution < 1.29 is 24.5 Å². The van der Waals surface area contributed by atoms with Gasteiger partial charge in [-0.1, -0.05) is 52.2 Å². The lowest BCUT2D eigenvalue weighted by Crippen LogP contribution is -2.22. The summed E-state index contributed by atoms with van der Waals surface area (Å²) in [6.07, 6.45) is 8.60. The van der Waals surface area contributed by atoms with Crippen LogP contribution >= 0.6 is 0 Å². The molecule has 0 fully saturated rings. The van der Waals surface area contributed by atoms with Gasteiger partial charge < -0.3 is 36.1 Å². The van der Waals surface area contributed by atoms with Gasteiger partial charge in [0.15, 0.2) is 34.7 Å². The first-order valence-electron chi connectivity index (χ1n) is 14.8. The second-order valence-corrected chi connectivity index (χ2v) is 11.2. The summed E-state index contributed by atoms with van der Waals surface area (Å²) in [5, 5.41) is 26.7. The van der Waals surface area contributed by atoms with Gasteiger partial charge in [-0.25, -0.2) is 0 Å². The van der Waals surface area contributed by atoms with Gasteiger partial charge in [0.2, 0.25) is 0 Å². The molecule has 0 aliphatic carbocycles. The number of rotatable bonds is 18. The molecular weight excluding hydrogens is 532 g/mol. The lowest BCUT2D eigenvalue weighted by Gasteiger charge is -2.23. The summed E-state index contributed by atoms with van der Waals surface area (Å²) >= 11 is 0. The number of nitrogens with two attached hydrogens (primary N) is 1. The number of aryl methyl sites for hydroxylation is 1. The number of phenolic OH excluding ortho intramolecular Hbond substituents is 2. The smallest absolute Gasteiger partial charge is 0.192 e. The molecule has 9 nitrogen and oxygen atoms in total. The quantitative estimate of drug-likeness (QED) is 0.0515. The minimum Gasteiger partial charge on any atom is -0.504 e. The summed E-state index contributed by atoms with van der Waals surface area (Å²) in [5.41, 5.74) is 8.21. The van der Waals surface area contributed by atoms with Crippen molar-refractivity contribution in [1.82, 2.24) is 5.32 Å². The number of benzene rings is 2. The van der Waals surface area contributed by atoms with Gasteiger partial charge in [0.25, 0.3) is 0 Å². The summed E-state index contributed by atoms with van der Waals surface area (Å²) in [6, 6.07) is 8.86. The molecule has 0 aliphatic rings. The molecule has 0 heterocycles. The third-order valence-corrected chi connectivity index (χ3v) is 7.32. The summed E-state index contributed by atoms with van der Waals surface area (Å²) in [7, 11) is 4.92. The van der Waals surface area contributed by atoms with Crippen LogP contribution < -0.4 is 25.8 Å². The van der Waals surface area contributed by atoms with Crippen LogP contribution in [0.4, 0.5) is 5.69 Å². The molecule has 0 aliphatic heterocycles. The number of carbonyl (C=O) groups excluding carboxylic acids is 1. The van der Waals surface area contributed by atoms with E-state index in [2.05, 4.69) is 36.4 Å². The molecule has 0 radical (unpaired) electrons. The lowest BCUT2D eigenvalue weighted by atomic mass is 9.83. The zero-order valence-corrected chi connectivity index (χ0v) is 26.1.